The molecule has 2 N–H and O–H groups in total. The number of carboxylic acid groups (broad SMARTS) is 1. The van der Waals surface area contributed by atoms with Gasteiger partial charge in [-0.25, -0.2) is 18.0 Å². The van der Waals surface area contributed by atoms with Gasteiger partial charge in [0.1, 0.15) is 29.6 Å². The van der Waals surface area contributed by atoms with Gasteiger partial charge in [0, 0.05) is 44.0 Å². The van der Waals surface area contributed by atoms with Crippen molar-refractivity contribution in [2.45, 2.75) is 12.6 Å². The van der Waals surface area contributed by atoms with Crippen molar-refractivity contribution < 1.29 is 27.8 Å². The zero-order chi connectivity index (χ0) is 22.6. The Labute approximate surface area is 179 Å². The first kappa shape index (κ1) is 20.5. The number of nitrogens with zero attached hydrogens (tertiary/aromatic N) is 2. The fourth-order valence-corrected chi connectivity index (χ4v) is 4.35. The number of hydrogen-bond donors (Lipinski definition) is 2. The number of fused-ring (bicyclic) bond motifs is 4. The molecule has 1 aromatic heterocycles. The molecule has 0 spiro atoms. The number of pyridine rings is 1. The Balaban J connectivity index is 1.85. The Morgan fingerprint density at radius 1 is 1.19 bits per heavy atom. The van der Waals surface area contributed by atoms with E-state index in [1.54, 1.807) is 0 Å². The average molecular weight is 445 g/mol. The molecule has 1 atom stereocenters. The third kappa shape index (κ3) is 3.23. The molecule has 0 saturated carbocycles. The van der Waals surface area contributed by atoms with Crippen molar-refractivity contribution in [3.8, 4) is 11.4 Å². The van der Waals surface area contributed by atoms with Crippen LogP contribution in [0.15, 0.2) is 35.3 Å². The van der Waals surface area contributed by atoms with Crippen LogP contribution in [0, 0.1) is 17.5 Å². The van der Waals surface area contributed by atoms with Gasteiger partial charge in [0.15, 0.2) is 5.75 Å². The van der Waals surface area contributed by atoms with Crippen LogP contribution in [0.3, 0.4) is 0 Å². The highest BCUT2D eigenvalue weighted by Crippen LogP contribution is 2.36. The number of nitrogens with one attached hydrogen (secondary N) is 1. The summed E-state index contributed by atoms with van der Waals surface area (Å²) in [5.41, 5.74) is -1.55. The van der Waals surface area contributed by atoms with Crippen molar-refractivity contribution in [3.63, 3.8) is 0 Å². The highest BCUT2D eigenvalue weighted by Gasteiger charge is 2.32. The van der Waals surface area contributed by atoms with E-state index in [4.69, 9.17) is 4.74 Å². The minimum absolute atomic E-state index is 0.0355. The molecule has 2 aliphatic rings. The molecule has 7 nitrogen and oxygen atoms in total. The Morgan fingerprint density at radius 2 is 2.00 bits per heavy atom. The molecule has 0 aliphatic carbocycles. The quantitative estimate of drug-likeness (QED) is 0.630. The number of carbonyl (C=O) groups is 1. The third-order valence-corrected chi connectivity index (χ3v) is 5.95. The summed E-state index contributed by atoms with van der Waals surface area (Å²) in [5.74, 6) is -4.00. The van der Waals surface area contributed by atoms with Crippen molar-refractivity contribution in [3.05, 3.63) is 69.3 Å². The van der Waals surface area contributed by atoms with E-state index < -0.39 is 34.4 Å². The molecule has 166 valence electrons. The van der Waals surface area contributed by atoms with Crippen molar-refractivity contribution in [1.82, 2.24) is 14.8 Å². The summed E-state index contributed by atoms with van der Waals surface area (Å²) in [7, 11) is 0. The second-order valence-corrected chi connectivity index (χ2v) is 7.84. The summed E-state index contributed by atoms with van der Waals surface area (Å²) in [6, 6.07) is 3.71. The lowest BCUT2D eigenvalue weighted by atomic mass is 10.0. The number of aromatic carboxylic acids is 1. The molecule has 0 bridgehead atoms. The highest BCUT2D eigenvalue weighted by atomic mass is 19.1. The summed E-state index contributed by atoms with van der Waals surface area (Å²) >= 11 is 0. The van der Waals surface area contributed by atoms with E-state index >= 15 is 4.39 Å². The topological polar surface area (TPSA) is 83.8 Å². The SMILES string of the molecule is O=C(O)c1cn(-c2ccc(F)cc2F)c2c3c(c(F)cc2c1=O)CN1CCNCC1CO3. The molecular formula is C22H18F3N3O4. The lowest BCUT2D eigenvalue weighted by Crippen LogP contribution is -2.52. The molecule has 3 heterocycles. The zero-order valence-electron chi connectivity index (χ0n) is 16.7. The Bertz CT molecular complexity index is 1320. The van der Waals surface area contributed by atoms with Crippen LogP contribution in [0.5, 0.6) is 5.75 Å². The van der Waals surface area contributed by atoms with E-state index in [1.807, 2.05) is 0 Å². The standard InChI is InChI=1S/C22H18F3N3O4/c23-11-1-2-18(17(25)5-11)28-9-15(22(30)31)20(29)13-6-16(24)14-8-27-4-3-26-7-12(27)10-32-21(14)19(13)28/h1-2,5-6,9,12,26H,3-4,7-8,10H2,(H,30,31). The largest absolute Gasteiger partial charge is 0.489 e. The average Bonchev–Trinajstić information content (AvgIpc) is 2.95. The summed E-state index contributed by atoms with van der Waals surface area (Å²) in [6.07, 6.45) is 0.963. The number of rotatable bonds is 2. The molecule has 0 radical (unpaired) electrons. The molecule has 1 saturated heterocycles. The molecule has 2 aliphatic heterocycles. The Kier molecular flexibility index (Phi) is 4.90. The normalized spacial score (nSPS) is 18.5. The van der Waals surface area contributed by atoms with Gasteiger partial charge in [-0.05, 0) is 18.2 Å². The maximum absolute atomic E-state index is 15.2. The summed E-state index contributed by atoms with van der Waals surface area (Å²) in [4.78, 5) is 26.6. The van der Waals surface area contributed by atoms with Gasteiger partial charge in [-0.2, -0.15) is 0 Å². The second kappa shape index (κ2) is 7.64. The fraction of sp³-hybridized carbons (Fsp3) is 0.273. The van der Waals surface area contributed by atoms with Crippen LogP contribution in [0.25, 0.3) is 16.6 Å². The van der Waals surface area contributed by atoms with E-state index in [0.29, 0.717) is 19.2 Å². The van der Waals surface area contributed by atoms with Crippen LogP contribution < -0.4 is 15.5 Å². The van der Waals surface area contributed by atoms with Crippen LogP contribution in [0.4, 0.5) is 13.2 Å². The number of piperazine rings is 1. The summed E-state index contributed by atoms with van der Waals surface area (Å²) in [5, 5.41) is 12.5. The lowest BCUT2D eigenvalue weighted by Gasteiger charge is -2.33. The van der Waals surface area contributed by atoms with Gasteiger partial charge in [-0.1, -0.05) is 0 Å². The first-order valence-electron chi connectivity index (χ1n) is 10.0. The predicted molar refractivity (Wildman–Crippen MR) is 109 cm³/mol. The lowest BCUT2D eigenvalue weighted by molar-refractivity contribution is 0.0695. The van der Waals surface area contributed by atoms with Crippen molar-refractivity contribution in [2.24, 2.45) is 0 Å². The van der Waals surface area contributed by atoms with Gasteiger partial charge < -0.3 is 19.7 Å². The molecule has 0 amide bonds. The molecule has 5 rings (SSSR count). The maximum atomic E-state index is 15.2. The number of benzene rings is 2. The monoisotopic (exact) mass is 445 g/mol. The van der Waals surface area contributed by atoms with Crippen molar-refractivity contribution in [1.29, 1.82) is 0 Å². The Morgan fingerprint density at radius 3 is 2.75 bits per heavy atom. The number of halogens is 3. The van der Waals surface area contributed by atoms with Crippen LogP contribution in [-0.2, 0) is 6.54 Å². The van der Waals surface area contributed by atoms with Crippen LogP contribution in [0.1, 0.15) is 15.9 Å². The van der Waals surface area contributed by atoms with E-state index in [1.165, 1.54) is 0 Å². The summed E-state index contributed by atoms with van der Waals surface area (Å²) < 4.78 is 50.5. The van der Waals surface area contributed by atoms with E-state index in [2.05, 4.69) is 10.2 Å². The molecule has 1 fully saturated rings. The van der Waals surface area contributed by atoms with Gasteiger partial charge in [0.25, 0.3) is 0 Å². The predicted octanol–water partition coefficient (Wildman–Crippen LogP) is 2.27. The van der Waals surface area contributed by atoms with Gasteiger partial charge in [0.2, 0.25) is 5.43 Å². The number of hydrogen-bond acceptors (Lipinski definition) is 5. The summed E-state index contributed by atoms with van der Waals surface area (Å²) in [6.45, 7) is 2.44. The van der Waals surface area contributed by atoms with Crippen LogP contribution >= 0.6 is 0 Å². The number of carboxylic acids is 1. The first-order chi connectivity index (χ1) is 15.3. The highest BCUT2D eigenvalue weighted by molar-refractivity contribution is 5.95. The fourth-order valence-electron chi connectivity index (χ4n) is 4.35. The molecule has 32 heavy (non-hydrogen) atoms. The molecule has 10 heteroatoms. The van der Waals surface area contributed by atoms with Crippen LogP contribution in [-0.4, -0.2) is 52.8 Å². The Hall–Kier alpha value is -3.37. The zero-order valence-corrected chi connectivity index (χ0v) is 16.7. The number of ether oxygens (including phenoxy) is 1. The smallest absolute Gasteiger partial charge is 0.341 e. The second-order valence-electron chi connectivity index (χ2n) is 7.84. The minimum atomic E-state index is -1.55. The minimum Gasteiger partial charge on any atom is -0.489 e. The van der Waals surface area contributed by atoms with Gasteiger partial charge >= 0.3 is 5.97 Å². The van der Waals surface area contributed by atoms with Crippen LogP contribution in [0.2, 0.25) is 0 Å². The molecular weight excluding hydrogens is 427 g/mol. The third-order valence-electron chi connectivity index (χ3n) is 5.95. The van der Waals surface area contributed by atoms with Gasteiger partial charge in [0.05, 0.1) is 22.6 Å². The van der Waals surface area contributed by atoms with E-state index in [0.717, 1.165) is 35.5 Å². The molecule has 3 aromatic rings. The van der Waals surface area contributed by atoms with Gasteiger partial charge in [-0.15, -0.1) is 0 Å². The molecule has 2 aromatic carbocycles. The van der Waals surface area contributed by atoms with Gasteiger partial charge in [-0.3, -0.25) is 9.69 Å². The molecule has 1 unspecified atom stereocenters. The van der Waals surface area contributed by atoms with E-state index in [-0.39, 0.29) is 47.1 Å². The first-order valence-corrected chi connectivity index (χ1v) is 10.0. The maximum Gasteiger partial charge on any atom is 0.341 e. The number of aromatic nitrogens is 1. The van der Waals surface area contributed by atoms with E-state index in [9.17, 15) is 23.5 Å². The van der Waals surface area contributed by atoms with Crippen molar-refractivity contribution >= 4 is 16.9 Å². The van der Waals surface area contributed by atoms with Crippen molar-refractivity contribution in [2.75, 3.05) is 26.2 Å².